The molecule has 1 aromatic carbocycles. The van der Waals surface area contributed by atoms with Crippen LogP contribution < -0.4 is 5.32 Å². The topological polar surface area (TPSA) is 38.3 Å². The predicted octanol–water partition coefficient (Wildman–Crippen LogP) is 2.32. The summed E-state index contributed by atoms with van der Waals surface area (Å²) >= 11 is 0. The van der Waals surface area contributed by atoms with E-state index in [0.29, 0.717) is 13.0 Å². The molecule has 1 heterocycles. The second-order valence-electron chi connectivity index (χ2n) is 4.40. The fourth-order valence-electron chi connectivity index (χ4n) is 2.02. The monoisotopic (exact) mass is 255 g/mol. The maximum atomic E-state index is 13.5. The summed E-state index contributed by atoms with van der Waals surface area (Å²) in [6, 6.07) is 2.81. The Bertz CT molecular complexity index is 445. The Labute approximate surface area is 104 Å². The van der Waals surface area contributed by atoms with Crippen LogP contribution in [0.3, 0.4) is 0 Å². The minimum absolute atomic E-state index is 0.247. The summed E-state index contributed by atoms with van der Waals surface area (Å²) in [5.41, 5.74) is 0.266. The van der Waals surface area contributed by atoms with E-state index in [1.165, 1.54) is 12.1 Å². The Morgan fingerprint density at radius 1 is 1.50 bits per heavy atom. The van der Waals surface area contributed by atoms with E-state index in [1.54, 1.807) is 6.92 Å². The summed E-state index contributed by atoms with van der Waals surface area (Å²) < 4.78 is 31.5. The molecule has 0 spiro atoms. The first-order valence-corrected chi connectivity index (χ1v) is 5.95. The standard InChI is InChI=1S/C13H15F2NO2/c1-8(10-5-4-9(14)7-11(10)15)16-13(17)12-3-2-6-18-12/h4-5,7-8,12H,2-3,6H2,1H3,(H,16,17). The van der Waals surface area contributed by atoms with Crippen LogP contribution in [-0.4, -0.2) is 18.6 Å². The first-order chi connectivity index (χ1) is 8.58. The first kappa shape index (κ1) is 13.0. The van der Waals surface area contributed by atoms with Crippen molar-refractivity contribution < 1.29 is 18.3 Å². The van der Waals surface area contributed by atoms with Gasteiger partial charge in [-0.05, 0) is 25.8 Å². The van der Waals surface area contributed by atoms with E-state index in [1.807, 2.05) is 0 Å². The lowest BCUT2D eigenvalue weighted by Gasteiger charge is -2.17. The number of ether oxygens (including phenoxy) is 1. The van der Waals surface area contributed by atoms with Crippen LogP contribution in [0.4, 0.5) is 8.78 Å². The average molecular weight is 255 g/mol. The van der Waals surface area contributed by atoms with Crippen molar-refractivity contribution in [3.05, 3.63) is 35.4 Å². The number of hydrogen-bond acceptors (Lipinski definition) is 2. The molecule has 3 nitrogen and oxygen atoms in total. The van der Waals surface area contributed by atoms with Gasteiger partial charge >= 0.3 is 0 Å². The molecule has 2 rings (SSSR count). The molecule has 1 N–H and O–H groups in total. The van der Waals surface area contributed by atoms with E-state index in [9.17, 15) is 13.6 Å². The molecular formula is C13H15F2NO2. The molecule has 1 amide bonds. The third-order valence-electron chi connectivity index (χ3n) is 3.01. The van der Waals surface area contributed by atoms with Gasteiger partial charge in [0.05, 0.1) is 6.04 Å². The van der Waals surface area contributed by atoms with Crippen molar-refractivity contribution in [1.82, 2.24) is 5.32 Å². The van der Waals surface area contributed by atoms with Gasteiger partial charge in [-0.1, -0.05) is 6.07 Å². The number of amides is 1. The van der Waals surface area contributed by atoms with Crippen molar-refractivity contribution >= 4 is 5.91 Å². The fraction of sp³-hybridized carbons (Fsp3) is 0.462. The van der Waals surface area contributed by atoms with Crippen LogP contribution in [0.15, 0.2) is 18.2 Å². The van der Waals surface area contributed by atoms with Crippen LogP contribution >= 0.6 is 0 Å². The Kier molecular flexibility index (Phi) is 3.91. The van der Waals surface area contributed by atoms with Crippen LogP contribution in [0.2, 0.25) is 0 Å². The second kappa shape index (κ2) is 5.44. The molecule has 1 aliphatic heterocycles. The Morgan fingerprint density at radius 2 is 2.28 bits per heavy atom. The van der Waals surface area contributed by atoms with E-state index in [0.717, 1.165) is 12.5 Å². The van der Waals surface area contributed by atoms with Gasteiger partial charge in [0, 0.05) is 18.2 Å². The van der Waals surface area contributed by atoms with Gasteiger partial charge in [-0.3, -0.25) is 4.79 Å². The first-order valence-electron chi connectivity index (χ1n) is 5.95. The number of nitrogens with one attached hydrogen (secondary N) is 1. The molecule has 2 atom stereocenters. The quantitative estimate of drug-likeness (QED) is 0.900. The summed E-state index contributed by atoms with van der Waals surface area (Å²) in [6.07, 6.45) is 1.10. The number of hydrogen-bond donors (Lipinski definition) is 1. The zero-order chi connectivity index (χ0) is 13.1. The van der Waals surface area contributed by atoms with Crippen LogP contribution in [-0.2, 0) is 9.53 Å². The van der Waals surface area contributed by atoms with E-state index in [-0.39, 0.29) is 11.5 Å². The van der Waals surface area contributed by atoms with Crippen LogP contribution in [0.5, 0.6) is 0 Å². The molecule has 18 heavy (non-hydrogen) atoms. The molecule has 0 bridgehead atoms. The maximum Gasteiger partial charge on any atom is 0.249 e. The maximum absolute atomic E-state index is 13.5. The lowest BCUT2D eigenvalue weighted by Crippen LogP contribution is -2.36. The smallest absolute Gasteiger partial charge is 0.249 e. The fourth-order valence-corrected chi connectivity index (χ4v) is 2.02. The highest BCUT2D eigenvalue weighted by Gasteiger charge is 2.25. The van der Waals surface area contributed by atoms with Crippen molar-refractivity contribution in [2.45, 2.75) is 31.9 Å². The summed E-state index contributed by atoms with van der Waals surface area (Å²) in [6.45, 7) is 2.24. The third-order valence-corrected chi connectivity index (χ3v) is 3.01. The lowest BCUT2D eigenvalue weighted by atomic mass is 10.1. The van der Waals surface area contributed by atoms with E-state index >= 15 is 0 Å². The van der Waals surface area contributed by atoms with Crippen LogP contribution in [0.1, 0.15) is 31.4 Å². The molecule has 0 aromatic heterocycles. The van der Waals surface area contributed by atoms with Gasteiger partial charge in [0.2, 0.25) is 5.91 Å². The summed E-state index contributed by atoms with van der Waals surface area (Å²) in [7, 11) is 0. The van der Waals surface area contributed by atoms with Gasteiger partial charge in [-0.25, -0.2) is 8.78 Å². The molecule has 0 radical (unpaired) electrons. The van der Waals surface area contributed by atoms with Gasteiger partial charge < -0.3 is 10.1 Å². The van der Waals surface area contributed by atoms with E-state index in [4.69, 9.17) is 4.74 Å². The largest absolute Gasteiger partial charge is 0.368 e. The molecule has 1 aliphatic rings. The molecule has 0 saturated carbocycles. The van der Waals surface area contributed by atoms with Crippen molar-refractivity contribution in [1.29, 1.82) is 0 Å². The summed E-state index contributed by atoms with van der Waals surface area (Å²) in [5.74, 6) is -1.53. The number of rotatable bonds is 3. The van der Waals surface area contributed by atoms with Crippen molar-refractivity contribution in [3.8, 4) is 0 Å². The van der Waals surface area contributed by atoms with Crippen molar-refractivity contribution in [3.63, 3.8) is 0 Å². The van der Waals surface area contributed by atoms with Gasteiger partial charge in [0.1, 0.15) is 17.7 Å². The van der Waals surface area contributed by atoms with E-state index in [2.05, 4.69) is 5.32 Å². The van der Waals surface area contributed by atoms with Gasteiger partial charge in [-0.2, -0.15) is 0 Å². The minimum Gasteiger partial charge on any atom is -0.368 e. The Balaban J connectivity index is 2.02. The lowest BCUT2D eigenvalue weighted by molar-refractivity contribution is -0.130. The highest BCUT2D eigenvalue weighted by molar-refractivity contribution is 5.81. The van der Waals surface area contributed by atoms with Gasteiger partial charge in [0.15, 0.2) is 0 Å². The molecule has 98 valence electrons. The third kappa shape index (κ3) is 2.85. The summed E-state index contributed by atoms with van der Waals surface area (Å²) in [4.78, 5) is 11.8. The van der Waals surface area contributed by atoms with Gasteiger partial charge in [0.25, 0.3) is 0 Å². The highest BCUT2D eigenvalue weighted by Crippen LogP contribution is 2.19. The average Bonchev–Trinajstić information content (AvgIpc) is 2.81. The second-order valence-corrected chi connectivity index (χ2v) is 4.40. The Hall–Kier alpha value is -1.49. The zero-order valence-corrected chi connectivity index (χ0v) is 10.1. The normalized spacial score (nSPS) is 20.7. The number of carbonyl (C=O) groups excluding carboxylic acids is 1. The zero-order valence-electron chi connectivity index (χ0n) is 10.1. The predicted molar refractivity (Wildman–Crippen MR) is 61.9 cm³/mol. The van der Waals surface area contributed by atoms with Crippen molar-refractivity contribution in [2.75, 3.05) is 6.61 Å². The molecule has 1 fully saturated rings. The van der Waals surface area contributed by atoms with E-state index < -0.39 is 23.8 Å². The number of benzene rings is 1. The molecule has 2 unspecified atom stereocenters. The highest BCUT2D eigenvalue weighted by atomic mass is 19.1. The molecule has 1 aromatic rings. The molecule has 0 aliphatic carbocycles. The summed E-state index contributed by atoms with van der Waals surface area (Å²) in [5, 5.41) is 2.67. The minimum atomic E-state index is -0.657. The van der Waals surface area contributed by atoms with Crippen molar-refractivity contribution in [2.24, 2.45) is 0 Å². The number of carbonyl (C=O) groups is 1. The number of halogens is 2. The molecule has 5 heteroatoms. The molecule has 1 saturated heterocycles. The molecular weight excluding hydrogens is 240 g/mol. The van der Waals surface area contributed by atoms with Crippen LogP contribution in [0, 0.1) is 11.6 Å². The van der Waals surface area contributed by atoms with Gasteiger partial charge in [-0.15, -0.1) is 0 Å². The van der Waals surface area contributed by atoms with Crippen LogP contribution in [0.25, 0.3) is 0 Å². The SMILES string of the molecule is CC(NC(=O)C1CCCO1)c1ccc(F)cc1F. The Morgan fingerprint density at radius 3 is 2.89 bits per heavy atom.